The number of ether oxygens (including phenoxy) is 1. The molecule has 28 heavy (non-hydrogen) atoms. The Morgan fingerprint density at radius 1 is 1.00 bits per heavy atom. The van der Waals surface area contributed by atoms with Gasteiger partial charge in [0.15, 0.2) is 6.10 Å². The maximum Gasteiger partial charge on any atom is 0.326 e. The number of carbonyl (C=O) groups excluding carboxylic acids is 4. The second-order valence-corrected chi connectivity index (χ2v) is 6.41. The van der Waals surface area contributed by atoms with Crippen molar-refractivity contribution in [2.45, 2.75) is 26.4 Å². The van der Waals surface area contributed by atoms with Crippen LogP contribution >= 0.6 is 0 Å². The van der Waals surface area contributed by atoms with Gasteiger partial charge in [-0.15, -0.1) is 0 Å². The van der Waals surface area contributed by atoms with E-state index < -0.39 is 36.3 Å². The van der Waals surface area contributed by atoms with Crippen molar-refractivity contribution in [3.05, 3.63) is 65.2 Å². The molecular weight excluding hydrogens is 360 g/mol. The van der Waals surface area contributed by atoms with Gasteiger partial charge in [0.1, 0.15) is 6.54 Å². The fourth-order valence-corrected chi connectivity index (χ4v) is 2.87. The summed E-state index contributed by atoms with van der Waals surface area (Å²) in [6.07, 6.45) is -0.186. The first-order chi connectivity index (χ1) is 13.4. The normalized spacial score (nSPS) is 13.9. The lowest BCUT2D eigenvalue weighted by Gasteiger charge is -2.17. The number of nitrogens with zero attached hydrogens (tertiary/aromatic N) is 1. The Morgan fingerprint density at radius 3 is 2.11 bits per heavy atom. The van der Waals surface area contributed by atoms with E-state index in [0.29, 0.717) is 5.69 Å². The summed E-state index contributed by atoms with van der Waals surface area (Å²) >= 11 is 0. The third kappa shape index (κ3) is 3.93. The average molecular weight is 380 g/mol. The smallest absolute Gasteiger partial charge is 0.326 e. The molecule has 3 rings (SSSR count). The van der Waals surface area contributed by atoms with Crippen LogP contribution in [-0.4, -0.2) is 41.2 Å². The molecule has 2 aromatic rings. The Hall–Kier alpha value is -3.48. The van der Waals surface area contributed by atoms with Gasteiger partial charge < -0.3 is 10.1 Å². The molecule has 1 aliphatic heterocycles. The second-order valence-electron chi connectivity index (χ2n) is 6.41. The summed E-state index contributed by atoms with van der Waals surface area (Å²) in [4.78, 5) is 49.7. The summed E-state index contributed by atoms with van der Waals surface area (Å²) in [6, 6.07) is 13.7. The lowest BCUT2D eigenvalue weighted by atomic mass is 10.1. The number of hydrogen-bond acceptors (Lipinski definition) is 5. The highest BCUT2D eigenvalue weighted by Crippen LogP contribution is 2.22. The van der Waals surface area contributed by atoms with Crippen LogP contribution in [0.25, 0.3) is 0 Å². The summed E-state index contributed by atoms with van der Waals surface area (Å²) < 4.78 is 5.09. The quantitative estimate of drug-likeness (QED) is 0.614. The minimum atomic E-state index is -1.08. The lowest BCUT2D eigenvalue weighted by Crippen LogP contribution is -2.38. The zero-order valence-corrected chi connectivity index (χ0v) is 15.6. The number of hydrogen-bond donors (Lipinski definition) is 1. The Balaban J connectivity index is 1.56. The van der Waals surface area contributed by atoms with E-state index in [0.717, 1.165) is 16.9 Å². The van der Waals surface area contributed by atoms with Crippen molar-refractivity contribution >= 4 is 29.4 Å². The number of esters is 1. The maximum absolute atomic E-state index is 12.3. The van der Waals surface area contributed by atoms with Crippen molar-refractivity contribution < 1.29 is 23.9 Å². The summed E-state index contributed by atoms with van der Waals surface area (Å²) in [5, 5.41) is 2.66. The van der Waals surface area contributed by atoms with E-state index in [9.17, 15) is 19.2 Å². The van der Waals surface area contributed by atoms with E-state index in [1.54, 1.807) is 24.3 Å². The van der Waals surface area contributed by atoms with Crippen molar-refractivity contribution in [2.24, 2.45) is 0 Å². The summed E-state index contributed by atoms with van der Waals surface area (Å²) in [7, 11) is 0. The molecule has 7 heteroatoms. The van der Waals surface area contributed by atoms with Gasteiger partial charge in [-0.25, -0.2) is 0 Å². The molecule has 144 valence electrons. The monoisotopic (exact) mass is 380 g/mol. The Bertz CT molecular complexity index is 901. The molecule has 0 radical (unpaired) electrons. The van der Waals surface area contributed by atoms with Crippen molar-refractivity contribution in [3.8, 4) is 0 Å². The van der Waals surface area contributed by atoms with E-state index in [1.807, 2.05) is 19.1 Å². The topological polar surface area (TPSA) is 92.8 Å². The molecule has 0 saturated heterocycles. The largest absolute Gasteiger partial charge is 0.451 e. The fraction of sp³-hybridized carbons (Fsp3) is 0.238. The number of benzene rings is 2. The number of imide groups is 1. The van der Waals surface area contributed by atoms with E-state index in [-0.39, 0.29) is 11.1 Å². The number of aryl methyl sites for hydroxylation is 1. The Morgan fingerprint density at radius 2 is 1.57 bits per heavy atom. The molecular formula is C21H20N2O5. The Labute approximate surface area is 162 Å². The van der Waals surface area contributed by atoms with E-state index >= 15 is 0 Å². The number of rotatable bonds is 6. The van der Waals surface area contributed by atoms with Crippen molar-refractivity contribution in [1.82, 2.24) is 4.90 Å². The molecule has 1 heterocycles. The molecule has 0 spiro atoms. The highest BCUT2D eigenvalue weighted by atomic mass is 16.5. The van der Waals surface area contributed by atoms with Crippen LogP contribution < -0.4 is 5.32 Å². The molecule has 7 nitrogen and oxygen atoms in total. The SMILES string of the molecule is CCc1ccc(NC(=O)C(C)OC(=O)CN2C(=O)c3ccccc3C2=O)cc1. The van der Waals surface area contributed by atoms with Crippen molar-refractivity contribution in [1.29, 1.82) is 0 Å². The van der Waals surface area contributed by atoms with Gasteiger partial charge in [0.05, 0.1) is 11.1 Å². The van der Waals surface area contributed by atoms with Crippen LogP contribution in [0.15, 0.2) is 48.5 Å². The lowest BCUT2D eigenvalue weighted by molar-refractivity contribution is -0.153. The minimum absolute atomic E-state index is 0.251. The molecule has 1 aliphatic rings. The minimum Gasteiger partial charge on any atom is -0.451 e. The van der Waals surface area contributed by atoms with E-state index in [2.05, 4.69) is 5.32 Å². The zero-order chi connectivity index (χ0) is 20.3. The number of fused-ring (bicyclic) bond motifs is 1. The standard InChI is InChI=1S/C21H20N2O5/c1-3-14-8-10-15(11-9-14)22-19(25)13(2)28-18(24)12-23-20(26)16-6-4-5-7-17(16)21(23)27/h4-11,13H,3,12H2,1-2H3,(H,22,25). The molecule has 2 aromatic carbocycles. The summed E-state index contributed by atoms with van der Waals surface area (Å²) in [5.74, 6) is -2.44. The van der Waals surface area contributed by atoms with Gasteiger partial charge in [0.25, 0.3) is 17.7 Å². The number of carbonyl (C=O) groups is 4. The molecule has 0 aliphatic carbocycles. The Kier molecular flexibility index (Phi) is 5.54. The highest BCUT2D eigenvalue weighted by molar-refractivity contribution is 6.22. The van der Waals surface area contributed by atoms with Crippen molar-refractivity contribution in [2.75, 3.05) is 11.9 Å². The number of anilines is 1. The molecule has 1 atom stereocenters. The van der Waals surface area contributed by atoms with Crippen LogP contribution in [0.4, 0.5) is 5.69 Å². The summed E-state index contributed by atoms with van der Waals surface area (Å²) in [6.45, 7) is 2.91. The third-order valence-corrected chi connectivity index (χ3v) is 4.47. The molecule has 0 bridgehead atoms. The van der Waals surface area contributed by atoms with Gasteiger partial charge in [0.2, 0.25) is 0 Å². The van der Waals surface area contributed by atoms with Crippen molar-refractivity contribution in [3.63, 3.8) is 0 Å². The first-order valence-corrected chi connectivity index (χ1v) is 8.95. The fourth-order valence-electron chi connectivity index (χ4n) is 2.87. The van der Waals surface area contributed by atoms with Gasteiger partial charge >= 0.3 is 5.97 Å². The van der Waals surface area contributed by atoms with Gasteiger partial charge in [-0.05, 0) is 43.2 Å². The average Bonchev–Trinajstić information content (AvgIpc) is 2.93. The van der Waals surface area contributed by atoms with Gasteiger partial charge in [-0.2, -0.15) is 0 Å². The molecule has 1 N–H and O–H groups in total. The molecule has 0 saturated carbocycles. The molecule has 0 fully saturated rings. The summed E-state index contributed by atoms with van der Waals surface area (Å²) in [5.41, 5.74) is 2.23. The van der Waals surface area contributed by atoms with Gasteiger partial charge in [-0.1, -0.05) is 31.2 Å². The van der Waals surface area contributed by atoms with Crippen LogP contribution in [-0.2, 0) is 20.7 Å². The number of amides is 3. The molecule has 3 amide bonds. The van der Waals surface area contributed by atoms with Gasteiger partial charge in [0, 0.05) is 5.69 Å². The predicted molar refractivity (Wildman–Crippen MR) is 102 cm³/mol. The first-order valence-electron chi connectivity index (χ1n) is 8.95. The van der Waals surface area contributed by atoms with E-state index in [1.165, 1.54) is 19.1 Å². The number of nitrogens with one attached hydrogen (secondary N) is 1. The molecule has 1 unspecified atom stereocenters. The van der Waals surface area contributed by atoms with Crippen LogP contribution in [0.3, 0.4) is 0 Å². The zero-order valence-electron chi connectivity index (χ0n) is 15.6. The highest BCUT2D eigenvalue weighted by Gasteiger charge is 2.37. The third-order valence-electron chi connectivity index (χ3n) is 4.47. The van der Waals surface area contributed by atoms with Gasteiger partial charge in [-0.3, -0.25) is 24.1 Å². The predicted octanol–water partition coefficient (Wildman–Crippen LogP) is 2.42. The van der Waals surface area contributed by atoms with Crippen LogP contribution in [0.1, 0.15) is 40.1 Å². The molecule has 0 aromatic heterocycles. The second kappa shape index (κ2) is 8.04. The van der Waals surface area contributed by atoms with Crippen LogP contribution in [0, 0.1) is 0 Å². The van der Waals surface area contributed by atoms with Crippen LogP contribution in [0.2, 0.25) is 0 Å². The van der Waals surface area contributed by atoms with Crippen LogP contribution in [0.5, 0.6) is 0 Å². The maximum atomic E-state index is 12.3. The van der Waals surface area contributed by atoms with E-state index in [4.69, 9.17) is 4.74 Å². The first kappa shape index (κ1) is 19.3.